The van der Waals surface area contributed by atoms with Crippen LogP contribution in [0.2, 0.25) is 0 Å². The Morgan fingerprint density at radius 2 is 1.95 bits per heavy atom. The maximum atomic E-state index is 14.0. The van der Waals surface area contributed by atoms with Gasteiger partial charge in [-0.25, -0.2) is 4.39 Å². The smallest absolute Gasteiger partial charge is 0.163 e. The van der Waals surface area contributed by atoms with E-state index in [4.69, 9.17) is 14.2 Å². The molecule has 0 saturated carbocycles. The number of ether oxygens (including phenoxy) is 3. The van der Waals surface area contributed by atoms with Crippen LogP contribution in [0.1, 0.15) is 25.0 Å². The predicted molar refractivity (Wildman–Crippen MR) is 68.0 cm³/mol. The van der Waals surface area contributed by atoms with Gasteiger partial charge in [-0.15, -0.1) is 0 Å². The van der Waals surface area contributed by atoms with Gasteiger partial charge in [-0.1, -0.05) is 6.92 Å². The highest BCUT2D eigenvalue weighted by Crippen LogP contribution is 2.37. The van der Waals surface area contributed by atoms with Crippen LogP contribution in [0, 0.1) is 11.7 Å². The Morgan fingerprint density at radius 3 is 2.47 bits per heavy atom. The van der Waals surface area contributed by atoms with Crippen molar-refractivity contribution in [3.8, 4) is 11.5 Å². The van der Waals surface area contributed by atoms with Crippen molar-refractivity contribution < 1.29 is 23.7 Å². The third-order valence-corrected chi connectivity index (χ3v) is 3.58. The largest absolute Gasteiger partial charge is 0.493 e. The molecule has 19 heavy (non-hydrogen) atoms. The highest BCUT2D eigenvalue weighted by Gasteiger charge is 2.33. The SMILES string of the molecule is COc1cc(F)c(C(O)C2OCCC2C)cc1OC. The van der Waals surface area contributed by atoms with E-state index in [2.05, 4.69) is 0 Å². The summed E-state index contributed by atoms with van der Waals surface area (Å²) in [5.41, 5.74) is 0.177. The second-order valence-electron chi connectivity index (χ2n) is 4.77. The van der Waals surface area contributed by atoms with Crippen LogP contribution >= 0.6 is 0 Å². The van der Waals surface area contributed by atoms with Crippen LogP contribution in [-0.4, -0.2) is 32.0 Å². The van der Waals surface area contributed by atoms with Crippen molar-refractivity contribution in [2.75, 3.05) is 20.8 Å². The van der Waals surface area contributed by atoms with E-state index in [0.717, 1.165) is 6.42 Å². The Morgan fingerprint density at radius 1 is 1.32 bits per heavy atom. The first-order valence-electron chi connectivity index (χ1n) is 6.29. The third-order valence-electron chi connectivity index (χ3n) is 3.58. The minimum Gasteiger partial charge on any atom is -0.493 e. The fraction of sp³-hybridized carbons (Fsp3) is 0.571. The van der Waals surface area contributed by atoms with E-state index < -0.39 is 11.9 Å². The monoisotopic (exact) mass is 270 g/mol. The number of methoxy groups -OCH3 is 2. The normalized spacial score (nSPS) is 24.3. The van der Waals surface area contributed by atoms with E-state index in [1.165, 1.54) is 26.4 Å². The van der Waals surface area contributed by atoms with Gasteiger partial charge in [-0.3, -0.25) is 0 Å². The van der Waals surface area contributed by atoms with Crippen molar-refractivity contribution in [1.82, 2.24) is 0 Å². The molecule has 1 fully saturated rings. The predicted octanol–water partition coefficient (Wildman–Crippen LogP) is 2.30. The van der Waals surface area contributed by atoms with Gasteiger partial charge in [-0.2, -0.15) is 0 Å². The first kappa shape index (κ1) is 14.1. The molecule has 4 nitrogen and oxygen atoms in total. The minimum atomic E-state index is -1.00. The molecule has 1 aliphatic heterocycles. The molecule has 1 saturated heterocycles. The molecule has 3 atom stereocenters. The molecule has 1 aliphatic rings. The van der Waals surface area contributed by atoms with Crippen molar-refractivity contribution in [3.63, 3.8) is 0 Å². The number of hydrogen-bond donors (Lipinski definition) is 1. The summed E-state index contributed by atoms with van der Waals surface area (Å²) in [7, 11) is 2.91. The summed E-state index contributed by atoms with van der Waals surface area (Å²) in [6, 6.07) is 2.68. The lowest BCUT2D eigenvalue weighted by molar-refractivity contribution is -0.0194. The molecule has 2 rings (SSSR count). The third kappa shape index (κ3) is 2.67. The standard InChI is InChI=1S/C14H19FO4/c1-8-4-5-19-14(8)13(16)9-6-11(17-2)12(18-3)7-10(9)15/h6-8,13-14,16H,4-5H2,1-3H3. The molecule has 1 heterocycles. The summed E-state index contributed by atoms with van der Waals surface area (Å²) in [4.78, 5) is 0. The number of rotatable bonds is 4. The summed E-state index contributed by atoms with van der Waals surface area (Å²) < 4.78 is 29.7. The molecule has 3 unspecified atom stereocenters. The van der Waals surface area contributed by atoms with E-state index in [1.807, 2.05) is 6.92 Å². The maximum absolute atomic E-state index is 14.0. The van der Waals surface area contributed by atoms with Gasteiger partial charge in [0, 0.05) is 18.2 Å². The second-order valence-corrected chi connectivity index (χ2v) is 4.77. The molecular formula is C14H19FO4. The van der Waals surface area contributed by atoms with Gasteiger partial charge >= 0.3 is 0 Å². The average molecular weight is 270 g/mol. The van der Waals surface area contributed by atoms with Crippen molar-refractivity contribution in [1.29, 1.82) is 0 Å². The number of aliphatic hydroxyl groups excluding tert-OH is 1. The lowest BCUT2D eigenvalue weighted by Crippen LogP contribution is -2.24. The molecule has 0 aliphatic carbocycles. The molecule has 0 radical (unpaired) electrons. The van der Waals surface area contributed by atoms with Crippen molar-refractivity contribution in [2.24, 2.45) is 5.92 Å². The van der Waals surface area contributed by atoms with Crippen LogP contribution in [0.4, 0.5) is 4.39 Å². The summed E-state index contributed by atoms with van der Waals surface area (Å²) >= 11 is 0. The molecule has 5 heteroatoms. The van der Waals surface area contributed by atoms with Crippen molar-refractivity contribution >= 4 is 0 Å². The van der Waals surface area contributed by atoms with E-state index >= 15 is 0 Å². The topological polar surface area (TPSA) is 47.9 Å². The van der Waals surface area contributed by atoms with Crippen LogP contribution < -0.4 is 9.47 Å². The Labute approximate surface area is 112 Å². The Hall–Kier alpha value is -1.33. The summed E-state index contributed by atoms with van der Waals surface area (Å²) in [5, 5.41) is 10.3. The van der Waals surface area contributed by atoms with E-state index in [9.17, 15) is 9.50 Å². The average Bonchev–Trinajstić information content (AvgIpc) is 2.83. The first-order chi connectivity index (χ1) is 9.08. The Balaban J connectivity index is 2.33. The molecule has 1 N–H and O–H groups in total. The van der Waals surface area contributed by atoms with Crippen LogP contribution in [0.15, 0.2) is 12.1 Å². The van der Waals surface area contributed by atoms with Gasteiger partial charge in [0.15, 0.2) is 11.5 Å². The molecule has 0 bridgehead atoms. The van der Waals surface area contributed by atoms with E-state index in [1.54, 1.807) is 0 Å². The molecule has 0 amide bonds. The fourth-order valence-electron chi connectivity index (χ4n) is 2.39. The van der Waals surface area contributed by atoms with Gasteiger partial charge < -0.3 is 19.3 Å². The lowest BCUT2D eigenvalue weighted by Gasteiger charge is -2.23. The Bertz CT molecular complexity index is 449. The van der Waals surface area contributed by atoms with Crippen LogP contribution in [-0.2, 0) is 4.74 Å². The number of halogens is 1. The van der Waals surface area contributed by atoms with Crippen molar-refractivity contribution in [2.45, 2.75) is 25.6 Å². The molecular weight excluding hydrogens is 251 g/mol. The van der Waals surface area contributed by atoms with Crippen LogP contribution in [0.3, 0.4) is 0 Å². The molecule has 1 aromatic rings. The summed E-state index contributed by atoms with van der Waals surface area (Å²) in [5.74, 6) is 0.371. The summed E-state index contributed by atoms with van der Waals surface area (Å²) in [6.07, 6.45) is -0.513. The lowest BCUT2D eigenvalue weighted by atomic mass is 9.94. The van der Waals surface area contributed by atoms with Crippen LogP contribution in [0.5, 0.6) is 11.5 Å². The van der Waals surface area contributed by atoms with Gasteiger partial charge in [0.05, 0.1) is 20.3 Å². The first-order valence-corrected chi connectivity index (χ1v) is 6.29. The van der Waals surface area contributed by atoms with Gasteiger partial charge in [0.1, 0.15) is 11.9 Å². The van der Waals surface area contributed by atoms with E-state index in [0.29, 0.717) is 18.1 Å². The molecule has 0 aromatic heterocycles. The summed E-state index contributed by atoms with van der Waals surface area (Å²) in [6.45, 7) is 2.58. The van der Waals surface area contributed by atoms with Gasteiger partial charge in [0.25, 0.3) is 0 Å². The fourth-order valence-corrected chi connectivity index (χ4v) is 2.39. The van der Waals surface area contributed by atoms with E-state index in [-0.39, 0.29) is 17.6 Å². The zero-order valence-corrected chi connectivity index (χ0v) is 11.4. The maximum Gasteiger partial charge on any atom is 0.163 e. The molecule has 0 spiro atoms. The Kier molecular flexibility index (Phi) is 4.27. The minimum absolute atomic E-state index is 0.177. The highest BCUT2D eigenvalue weighted by molar-refractivity contribution is 5.44. The quantitative estimate of drug-likeness (QED) is 0.912. The zero-order chi connectivity index (χ0) is 14.0. The van der Waals surface area contributed by atoms with Gasteiger partial charge in [-0.05, 0) is 18.4 Å². The van der Waals surface area contributed by atoms with Crippen LogP contribution in [0.25, 0.3) is 0 Å². The number of benzene rings is 1. The number of hydrogen-bond acceptors (Lipinski definition) is 4. The van der Waals surface area contributed by atoms with Gasteiger partial charge in [0.2, 0.25) is 0 Å². The molecule has 1 aromatic carbocycles. The molecule has 106 valence electrons. The zero-order valence-electron chi connectivity index (χ0n) is 11.4. The van der Waals surface area contributed by atoms with Crippen molar-refractivity contribution in [3.05, 3.63) is 23.5 Å². The number of aliphatic hydroxyl groups is 1. The highest BCUT2D eigenvalue weighted by atomic mass is 19.1. The second kappa shape index (κ2) is 5.75.